The van der Waals surface area contributed by atoms with E-state index in [9.17, 15) is 0 Å². The lowest BCUT2D eigenvalue weighted by Gasteiger charge is -1.80. The third-order valence-corrected chi connectivity index (χ3v) is 1.85. The van der Waals surface area contributed by atoms with E-state index >= 15 is 0 Å². The third kappa shape index (κ3) is 0.993. The number of hydrogen-bond acceptors (Lipinski definition) is 3. The van der Waals surface area contributed by atoms with Gasteiger partial charge in [0.2, 0.25) is 0 Å². The zero-order valence-corrected chi connectivity index (χ0v) is 5.24. The molecule has 0 aliphatic carbocycles. The van der Waals surface area contributed by atoms with E-state index in [1.54, 1.807) is 11.3 Å². The molecule has 0 aliphatic heterocycles. The van der Waals surface area contributed by atoms with E-state index in [4.69, 9.17) is 11.5 Å². The molecule has 0 amide bonds. The first-order chi connectivity index (χ1) is 3.83. The fourth-order valence-corrected chi connectivity index (χ4v) is 1.16. The molecule has 0 bridgehead atoms. The Kier molecular flexibility index (Phi) is 1.50. The highest BCUT2D eigenvalue weighted by Gasteiger charge is 1.90. The highest BCUT2D eigenvalue weighted by atomic mass is 32.1. The zero-order valence-electron chi connectivity index (χ0n) is 4.42. The van der Waals surface area contributed by atoms with Crippen LogP contribution in [0.3, 0.4) is 0 Å². The Morgan fingerprint density at radius 2 is 2.38 bits per heavy atom. The molecule has 1 rings (SSSR count). The van der Waals surface area contributed by atoms with Crippen LogP contribution in [0, 0.1) is 0 Å². The van der Waals surface area contributed by atoms with Gasteiger partial charge in [-0.1, -0.05) is 0 Å². The second kappa shape index (κ2) is 2.15. The second-order valence-electron chi connectivity index (χ2n) is 1.55. The Morgan fingerprint density at radius 3 is 2.62 bits per heavy atom. The van der Waals surface area contributed by atoms with Crippen molar-refractivity contribution < 1.29 is 0 Å². The van der Waals surface area contributed by atoms with Crippen LogP contribution >= 0.6 is 11.3 Å². The maximum Gasteiger partial charge on any atom is 0.0426 e. The van der Waals surface area contributed by atoms with Gasteiger partial charge in [-0.05, 0) is 6.07 Å². The predicted molar refractivity (Wildman–Crippen MR) is 36.6 cm³/mol. The Balaban J connectivity index is 2.84. The first-order valence-corrected chi connectivity index (χ1v) is 3.24. The molecule has 1 aromatic rings. The van der Waals surface area contributed by atoms with Gasteiger partial charge in [0.05, 0.1) is 0 Å². The predicted octanol–water partition coefficient (Wildman–Crippen LogP) is 0.789. The first-order valence-electron chi connectivity index (χ1n) is 2.36. The number of nitrogens with two attached hydrogens (primary N) is 2. The molecule has 0 saturated heterocycles. The van der Waals surface area contributed by atoms with Crippen LogP contribution in [-0.4, -0.2) is 0 Å². The van der Waals surface area contributed by atoms with Crippen LogP contribution in [0.2, 0.25) is 0 Å². The second-order valence-corrected chi connectivity index (χ2v) is 2.55. The molecule has 0 unspecified atom stereocenters. The van der Waals surface area contributed by atoms with Crippen molar-refractivity contribution in [1.29, 1.82) is 0 Å². The maximum absolute atomic E-state index is 5.41. The summed E-state index contributed by atoms with van der Waals surface area (Å²) in [5.74, 6) is 0. The number of rotatable bonds is 1. The summed E-state index contributed by atoms with van der Waals surface area (Å²) in [4.78, 5) is 1.14. The van der Waals surface area contributed by atoms with Crippen LogP contribution in [-0.2, 0) is 6.54 Å². The highest BCUT2D eigenvalue weighted by molar-refractivity contribution is 7.10. The van der Waals surface area contributed by atoms with E-state index in [0.29, 0.717) is 6.54 Å². The molecule has 0 radical (unpaired) electrons. The van der Waals surface area contributed by atoms with E-state index in [1.807, 2.05) is 11.4 Å². The zero-order chi connectivity index (χ0) is 5.98. The third-order valence-electron chi connectivity index (χ3n) is 0.875. The lowest BCUT2D eigenvalue weighted by Crippen LogP contribution is -1.91. The molecule has 3 heteroatoms. The molecule has 44 valence electrons. The van der Waals surface area contributed by atoms with Crippen molar-refractivity contribution in [3.05, 3.63) is 16.3 Å². The monoisotopic (exact) mass is 128 g/mol. The van der Waals surface area contributed by atoms with Gasteiger partial charge in [-0.25, -0.2) is 0 Å². The Hall–Kier alpha value is -0.540. The van der Waals surface area contributed by atoms with Crippen LogP contribution in [0.4, 0.5) is 5.69 Å². The van der Waals surface area contributed by atoms with Crippen molar-refractivity contribution in [1.82, 2.24) is 0 Å². The van der Waals surface area contributed by atoms with Crippen molar-refractivity contribution in [3.63, 3.8) is 0 Å². The first kappa shape index (κ1) is 5.59. The van der Waals surface area contributed by atoms with E-state index in [2.05, 4.69) is 0 Å². The standard InChI is InChI=1S/C5H8N2S/c6-2-5-1-4(7)3-8-5/h1,3H,2,6-7H2. The van der Waals surface area contributed by atoms with Gasteiger partial charge >= 0.3 is 0 Å². The van der Waals surface area contributed by atoms with Gasteiger partial charge in [0, 0.05) is 22.5 Å². The quantitative estimate of drug-likeness (QED) is 0.587. The largest absolute Gasteiger partial charge is 0.398 e. The summed E-state index contributed by atoms with van der Waals surface area (Å²) in [6, 6.07) is 1.89. The van der Waals surface area contributed by atoms with Crippen molar-refractivity contribution in [2.45, 2.75) is 6.54 Å². The number of thiophene rings is 1. The van der Waals surface area contributed by atoms with Gasteiger partial charge in [0.25, 0.3) is 0 Å². The summed E-state index contributed by atoms with van der Waals surface area (Å²) in [6.45, 7) is 0.599. The molecular formula is C5H8N2S. The van der Waals surface area contributed by atoms with Crippen LogP contribution in [0.25, 0.3) is 0 Å². The van der Waals surface area contributed by atoms with E-state index < -0.39 is 0 Å². The number of hydrogen-bond donors (Lipinski definition) is 2. The summed E-state index contributed by atoms with van der Waals surface area (Å²) in [7, 11) is 0. The summed E-state index contributed by atoms with van der Waals surface area (Å²) in [5.41, 5.74) is 11.5. The molecule has 0 spiro atoms. The van der Waals surface area contributed by atoms with E-state index in [1.165, 1.54) is 0 Å². The molecule has 0 aliphatic rings. The summed E-state index contributed by atoms with van der Waals surface area (Å²) in [5, 5.41) is 1.89. The normalized spacial score (nSPS) is 9.62. The lowest BCUT2D eigenvalue weighted by molar-refractivity contribution is 1.11. The van der Waals surface area contributed by atoms with Crippen molar-refractivity contribution >= 4 is 17.0 Å². The Labute approximate surface area is 52.1 Å². The lowest BCUT2D eigenvalue weighted by atomic mass is 10.4. The average Bonchev–Trinajstić information content (AvgIpc) is 2.14. The average molecular weight is 128 g/mol. The molecular weight excluding hydrogens is 120 g/mol. The van der Waals surface area contributed by atoms with Gasteiger partial charge in [0.15, 0.2) is 0 Å². The summed E-state index contributed by atoms with van der Waals surface area (Å²) < 4.78 is 0. The smallest absolute Gasteiger partial charge is 0.0426 e. The van der Waals surface area contributed by atoms with Gasteiger partial charge in [-0.15, -0.1) is 11.3 Å². The van der Waals surface area contributed by atoms with E-state index in [0.717, 1.165) is 10.6 Å². The van der Waals surface area contributed by atoms with Gasteiger partial charge in [-0.2, -0.15) is 0 Å². The van der Waals surface area contributed by atoms with Gasteiger partial charge in [0.1, 0.15) is 0 Å². The molecule has 0 atom stereocenters. The Bertz CT molecular complexity index is 171. The molecule has 2 nitrogen and oxygen atoms in total. The molecule has 1 aromatic heterocycles. The number of nitrogen functional groups attached to an aromatic ring is 1. The van der Waals surface area contributed by atoms with Crippen LogP contribution in [0.1, 0.15) is 4.88 Å². The molecule has 0 fully saturated rings. The SMILES string of the molecule is NCc1cc(N)cs1. The molecule has 0 aromatic carbocycles. The summed E-state index contributed by atoms with van der Waals surface area (Å²) >= 11 is 1.60. The minimum atomic E-state index is 0.599. The number of anilines is 1. The maximum atomic E-state index is 5.41. The minimum Gasteiger partial charge on any atom is -0.398 e. The molecule has 0 saturated carbocycles. The van der Waals surface area contributed by atoms with Crippen molar-refractivity contribution in [2.24, 2.45) is 5.73 Å². The Morgan fingerprint density at radius 1 is 1.62 bits per heavy atom. The van der Waals surface area contributed by atoms with Gasteiger partial charge in [-0.3, -0.25) is 0 Å². The highest BCUT2D eigenvalue weighted by Crippen LogP contribution is 2.14. The van der Waals surface area contributed by atoms with Crippen molar-refractivity contribution in [2.75, 3.05) is 5.73 Å². The molecule has 8 heavy (non-hydrogen) atoms. The van der Waals surface area contributed by atoms with E-state index in [-0.39, 0.29) is 0 Å². The van der Waals surface area contributed by atoms with Gasteiger partial charge < -0.3 is 11.5 Å². The van der Waals surface area contributed by atoms with Crippen LogP contribution in [0.15, 0.2) is 11.4 Å². The minimum absolute atomic E-state index is 0.599. The fraction of sp³-hybridized carbons (Fsp3) is 0.200. The molecule has 1 heterocycles. The molecule has 4 N–H and O–H groups in total. The fourth-order valence-electron chi connectivity index (χ4n) is 0.505. The van der Waals surface area contributed by atoms with Crippen molar-refractivity contribution in [3.8, 4) is 0 Å². The van der Waals surface area contributed by atoms with Crippen LogP contribution < -0.4 is 11.5 Å². The van der Waals surface area contributed by atoms with Crippen LogP contribution in [0.5, 0.6) is 0 Å². The summed E-state index contributed by atoms with van der Waals surface area (Å²) in [6.07, 6.45) is 0. The topological polar surface area (TPSA) is 52.0 Å².